The summed E-state index contributed by atoms with van der Waals surface area (Å²) in [6.45, 7) is 5.95. The van der Waals surface area contributed by atoms with Crippen molar-refractivity contribution in [2.45, 2.75) is 140 Å². The second-order valence-corrected chi connectivity index (χ2v) is 16.2. The zero-order valence-corrected chi connectivity index (χ0v) is 38.8. The minimum absolute atomic E-state index is 0.0171. The van der Waals surface area contributed by atoms with Crippen LogP contribution in [0.2, 0.25) is 0 Å². The van der Waals surface area contributed by atoms with Gasteiger partial charge in [0, 0.05) is 6.54 Å². The first-order valence-electron chi connectivity index (χ1n) is 22.2. The molecule has 10 atom stereocenters. The number of rotatable bonds is 31. The van der Waals surface area contributed by atoms with Gasteiger partial charge in [-0.15, -0.1) is 0 Å². The molecule has 1 aliphatic rings. The van der Waals surface area contributed by atoms with E-state index < -0.39 is 133 Å². The van der Waals surface area contributed by atoms with Gasteiger partial charge < -0.3 is 85.7 Å². The number of nitrogens with two attached hydrogens (primary N) is 3. The lowest BCUT2D eigenvalue weighted by Crippen LogP contribution is -2.61. The van der Waals surface area contributed by atoms with Crippen molar-refractivity contribution in [2.24, 2.45) is 28.1 Å². The molecular formula is C40H72N14O13. The molecule has 27 nitrogen and oxygen atoms in total. The minimum atomic E-state index is -1.69. The number of hydrogen-bond donors (Lipinski definition) is 16. The largest absolute Gasteiger partial charge is 0.480 e. The van der Waals surface area contributed by atoms with Gasteiger partial charge in [-0.3, -0.25) is 48.1 Å². The van der Waals surface area contributed by atoms with E-state index in [1.165, 1.54) is 20.8 Å². The van der Waals surface area contributed by atoms with Crippen LogP contribution in [0.15, 0.2) is 4.99 Å². The molecule has 19 N–H and O–H groups in total. The molecule has 9 amide bonds. The van der Waals surface area contributed by atoms with E-state index in [2.05, 4.69) is 58.2 Å². The van der Waals surface area contributed by atoms with E-state index in [0.29, 0.717) is 32.2 Å². The molecule has 0 radical (unpaired) electrons. The van der Waals surface area contributed by atoms with E-state index in [-0.39, 0.29) is 44.2 Å². The zero-order valence-electron chi connectivity index (χ0n) is 38.8. The molecule has 0 aromatic heterocycles. The molecule has 1 aliphatic heterocycles. The van der Waals surface area contributed by atoms with Crippen LogP contribution >= 0.6 is 0 Å². The van der Waals surface area contributed by atoms with Crippen LogP contribution in [0.4, 0.5) is 0 Å². The number of aliphatic imine (C=N–C) groups is 1. The summed E-state index contributed by atoms with van der Waals surface area (Å²) in [6, 6.07) is -11.2. The number of carbonyl (C=O) groups is 10. The number of carboxylic acid groups (broad SMARTS) is 1. The highest BCUT2D eigenvalue weighted by molar-refractivity contribution is 5.98. The standard InChI is InChI=1S/C40H72N14O13/c1-6-20(2)30(38(65)51-25(11-7-8-14-41)35(62)50-26(13-10-16-45-40(42)43)36(63)53-28(19-56)39(66)67)54-37(64)27(18-55)52-33(60)23(5)48-32(59)22(4)47-29(57)17-46-31(58)21(3)49-34(61)24-12-9-15-44-24/h20-28,30,44,55-56H,6-19,41H2,1-5H3,(H,46,58)(H,47,57)(H,48,59)(H,49,61)(H,50,62)(H,51,65)(H,52,60)(H,53,63)(H,54,64)(H,66,67)(H4,42,43,45)/t20-,21-,22-,23-,24-,25-,26-,27-,28-,30-/m0/s1. The van der Waals surface area contributed by atoms with Gasteiger partial charge in [0.2, 0.25) is 53.2 Å². The lowest BCUT2D eigenvalue weighted by molar-refractivity contribution is -0.143. The van der Waals surface area contributed by atoms with Gasteiger partial charge in [0.1, 0.15) is 48.3 Å². The highest BCUT2D eigenvalue weighted by Gasteiger charge is 2.35. The number of amides is 9. The molecular weight excluding hydrogens is 885 g/mol. The molecule has 0 bridgehead atoms. The molecule has 0 saturated carbocycles. The van der Waals surface area contributed by atoms with Gasteiger partial charge in [-0.25, -0.2) is 4.79 Å². The summed E-state index contributed by atoms with van der Waals surface area (Å²) in [7, 11) is 0. The molecule has 0 aromatic carbocycles. The van der Waals surface area contributed by atoms with Crippen molar-refractivity contribution in [3.63, 3.8) is 0 Å². The van der Waals surface area contributed by atoms with Crippen molar-refractivity contribution in [3.8, 4) is 0 Å². The van der Waals surface area contributed by atoms with E-state index in [9.17, 15) is 63.3 Å². The molecule has 1 rings (SSSR count). The van der Waals surface area contributed by atoms with Crippen molar-refractivity contribution < 1.29 is 63.3 Å². The summed E-state index contributed by atoms with van der Waals surface area (Å²) in [5, 5.41) is 53.6. The molecule has 0 aromatic rings. The average molecular weight is 957 g/mol. The number of guanidine groups is 1. The fraction of sp³-hybridized carbons (Fsp3) is 0.725. The first-order chi connectivity index (χ1) is 31.6. The van der Waals surface area contributed by atoms with Crippen LogP contribution < -0.4 is 70.4 Å². The molecule has 1 fully saturated rings. The minimum Gasteiger partial charge on any atom is -0.480 e. The molecule has 1 saturated heterocycles. The normalized spacial score (nSPS) is 17.2. The Kier molecular flexibility index (Phi) is 27.1. The van der Waals surface area contributed by atoms with E-state index >= 15 is 0 Å². The van der Waals surface area contributed by atoms with Crippen molar-refractivity contribution in [1.82, 2.24) is 53.2 Å². The number of nitrogens with zero attached hydrogens (tertiary/aromatic N) is 1. The summed E-state index contributed by atoms with van der Waals surface area (Å²) < 4.78 is 0. The number of hydrogen-bond acceptors (Lipinski definition) is 15. The molecule has 0 spiro atoms. The summed E-state index contributed by atoms with van der Waals surface area (Å²) in [6.07, 6.45) is 2.64. The summed E-state index contributed by atoms with van der Waals surface area (Å²) in [5.74, 6) is -9.44. The smallest absolute Gasteiger partial charge is 0.328 e. The Bertz CT molecular complexity index is 1730. The number of nitrogens with one attached hydrogen (secondary N) is 10. The van der Waals surface area contributed by atoms with Crippen LogP contribution in [0, 0.1) is 5.92 Å². The number of carboxylic acids is 1. The Balaban J connectivity index is 2.99. The Hall–Kier alpha value is -6.19. The molecule has 0 unspecified atom stereocenters. The lowest BCUT2D eigenvalue weighted by Gasteiger charge is -2.29. The first kappa shape index (κ1) is 58.8. The number of unbranched alkanes of at least 4 members (excludes halogenated alkanes) is 1. The van der Waals surface area contributed by atoms with Crippen LogP contribution in [0.5, 0.6) is 0 Å². The van der Waals surface area contributed by atoms with Gasteiger partial charge in [0.25, 0.3) is 0 Å². The maximum atomic E-state index is 13.9. The maximum Gasteiger partial charge on any atom is 0.328 e. The molecule has 1 heterocycles. The van der Waals surface area contributed by atoms with Crippen molar-refractivity contribution in [2.75, 3.05) is 39.4 Å². The highest BCUT2D eigenvalue weighted by Crippen LogP contribution is 2.12. The third kappa shape index (κ3) is 21.8. The van der Waals surface area contributed by atoms with Gasteiger partial charge in [-0.2, -0.15) is 0 Å². The lowest BCUT2D eigenvalue weighted by atomic mass is 9.97. The quantitative estimate of drug-likeness (QED) is 0.0174. The number of aliphatic hydroxyl groups excluding tert-OH is 2. The third-order valence-electron chi connectivity index (χ3n) is 10.6. The summed E-state index contributed by atoms with van der Waals surface area (Å²) >= 11 is 0. The number of aliphatic carboxylic acids is 1. The van der Waals surface area contributed by atoms with Gasteiger partial charge in [0.05, 0.1) is 25.8 Å². The highest BCUT2D eigenvalue weighted by atomic mass is 16.4. The summed E-state index contributed by atoms with van der Waals surface area (Å²) in [5.41, 5.74) is 16.4. The summed E-state index contributed by atoms with van der Waals surface area (Å²) in [4.78, 5) is 133. The SMILES string of the molecule is CC[C@H](C)[C@H](NC(=O)[C@H](CO)NC(=O)[C@H](C)NC(=O)[C@H](C)NC(=O)CNC(=O)[C@H](C)NC(=O)[C@@H]1CCCN1)C(=O)N[C@@H](CCCCN)C(=O)N[C@@H](CCCN=C(N)N)C(=O)N[C@@H](CO)C(=O)O. The fourth-order valence-electron chi connectivity index (χ4n) is 6.34. The number of carbonyl (C=O) groups excluding carboxylic acids is 9. The van der Waals surface area contributed by atoms with Gasteiger partial charge in [0.15, 0.2) is 5.96 Å². The van der Waals surface area contributed by atoms with E-state index in [4.69, 9.17) is 17.2 Å². The van der Waals surface area contributed by atoms with Crippen LogP contribution in [0.1, 0.15) is 86.0 Å². The number of aliphatic hydroxyl groups is 2. The first-order valence-corrected chi connectivity index (χ1v) is 22.2. The average Bonchev–Trinajstić information content (AvgIpc) is 3.83. The Morgan fingerprint density at radius 2 is 1.16 bits per heavy atom. The van der Waals surface area contributed by atoms with Gasteiger partial charge in [-0.1, -0.05) is 20.3 Å². The third-order valence-corrected chi connectivity index (χ3v) is 10.6. The predicted octanol–water partition coefficient (Wildman–Crippen LogP) is -6.91. The molecule has 27 heteroatoms. The van der Waals surface area contributed by atoms with Crippen LogP contribution in [0.25, 0.3) is 0 Å². The van der Waals surface area contributed by atoms with E-state index in [0.717, 1.165) is 6.42 Å². The monoisotopic (exact) mass is 957 g/mol. The van der Waals surface area contributed by atoms with Crippen LogP contribution in [0.3, 0.4) is 0 Å². The van der Waals surface area contributed by atoms with Crippen LogP contribution in [-0.2, 0) is 47.9 Å². The fourth-order valence-corrected chi connectivity index (χ4v) is 6.34. The molecule has 380 valence electrons. The maximum absolute atomic E-state index is 13.9. The second-order valence-electron chi connectivity index (χ2n) is 16.2. The zero-order chi connectivity index (χ0) is 50.8. The molecule has 67 heavy (non-hydrogen) atoms. The van der Waals surface area contributed by atoms with Crippen LogP contribution in [-0.4, -0.2) is 174 Å². The van der Waals surface area contributed by atoms with E-state index in [1.54, 1.807) is 13.8 Å². The topological polar surface area (TPSA) is 442 Å². The predicted molar refractivity (Wildman–Crippen MR) is 241 cm³/mol. The second kappa shape index (κ2) is 30.9. The van der Waals surface area contributed by atoms with Crippen molar-refractivity contribution >= 4 is 65.1 Å². The Morgan fingerprint density at radius 3 is 1.70 bits per heavy atom. The van der Waals surface area contributed by atoms with Gasteiger partial charge >= 0.3 is 5.97 Å². The van der Waals surface area contributed by atoms with Gasteiger partial charge in [-0.05, 0) is 84.7 Å². The van der Waals surface area contributed by atoms with Crippen molar-refractivity contribution in [1.29, 1.82) is 0 Å². The Morgan fingerprint density at radius 1 is 0.642 bits per heavy atom. The van der Waals surface area contributed by atoms with Crippen molar-refractivity contribution in [3.05, 3.63) is 0 Å². The Labute approximate surface area is 388 Å². The van der Waals surface area contributed by atoms with E-state index in [1.807, 2.05) is 0 Å². The molecule has 0 aliphatic carbocycles.